The average molecular weight is 913 g/mol. The number of phosphoric ester groups is 1. The molecule has 0 spiro atoms. The van der Waals surface area contributed by atoms with Crippen molar-refractivity contribution in [2.45, 2.75) is 258 Å². The van der Waals surface area contributed by atoms with Gasteiger partial charge >= 0.3 is 19.8 Å². The van der Waals surface area contributed by atoms with Crippen LogP contribution in [0.2, 0.25) is 0 Å². The number of hydrogen-bond donors (Lipinski definition) is 1. The second kappa shape index (κ2) is 45.6. The highest BCUT2D eigenvalue weighted by Gasteiger charge is 2.27. The minimum absolute atomic E-state index is 0.0335. The molecule has 0 aliphatic heterocycles. The zero-order valence-corrected chi connectivity index (χ0v) is 43.0. The molecule has 372 valence electrons. The number of unbranched alkanes of at least 4 members (excludes halogenated alkanes) is 31. The molecule has 0 bridgehead atoms. The second-order valence-electron chi connectivity index (χ2n) is 19.3. The minimum atomic E-state index is -4.38. The third-order valence-electron chi connectivity index (χ3n) is 11.7. The molecule has 0 aromatic heterocycles. The Morgan fingerprint density at radius 2 is 0.857 bits per heavy atom. The summed E-state index contributed by atoms with van der Waals surface area (Å²) >= 11 is 0. The van der Waals surface area contributed by atoms with Gasteiger partial charge in [0.1, 0.15) is 19.8 Å². The van der Waals surface area contributed by atoms with Gasteiger partial charge in [0.25, 0.3) is 0 Å². The molecule has 1 unspecified atom stereocenters. The van der Waals surface area contributed by atoms with Gasteiger partial charge in [-0.15, -0.1) is 0 Å². The van der Waals surface area contributed by atoms with Crippen LogP contribution < -0.4 is 0 Å². The van der Waals surface area contributed by atoms with Crippen LogP contribution in [0, 0.1) is 0 Å². The van der Waals surface area contributed by atoms with E-state index in [1.165, 1.54) is 180 Å². The Kier molecular flexibility index (Phi) is 44.5. The molecule has 10 heteroatoms. The molecule has 0 aliphatic rings. The Hall–Kier alpha value is -1.51. The number of allylic oxidation sites excluding steroid dienone is 4. The van der Waals surface area contributed by atoms with Crippen molar-refractivity contribution in [1.82, 2.24) is 0 Å². The molecular weight excluding hydrogens is 810 g/mol. The van der Waals surface area contributed by atoms with Crippen LogP contribution >= 0.6 is 7.82 Å². The largest absolute Gasteiger partial charge is 0.472 e. The summed E-state index contributed by atoms with van der Waals surface area (Å²) in [6.07, 6.45) is 52.3. The Morgan fingerprint density at radius 1 is 0.492 bits per heavy atom. The molecule has 0 rings (SSSR count). The van der Waals surface area contributed by atoms with Gasteiger partial charge in [-0.05, 0) is 44.9 Å². The Bertz CT molecular complexity index is 1120. The first kappa shape index (κ1) is 61.5. The maximum Gasteiger partial charge on any atom is 0.472 e. The topological polar surface area (TPSA) is 108 Å². The van der Waals surface area contributed by atoms with Crippen molar-refractivity contribution in [2.24, 2.45) is 0 Å². The first-order valence-corrected chi connectivity index (χ1v) is 28.1. The highest BCUT2D eigenvalue weighted by molar-refractivity contribution is 7.47. The molecule has 0 aromatic carbocycles. The van der Waals surface area contributed by atoms with Gasteiger partial charge < -0.3 is 18.9 Å². The van der Waals surface area contributed by atoms with Gasteiger partial charge in [0.05, 0.1) is 27.7 Å². The number of hydrogen-bond acceptors (Lipinski definition) is 7. The predicted molar refractivity (Wildman–Crippen MR) is 266 cm³/mol. The van der Waals surface area contributed by atoms with Crippen molar-refractivity contribution in [3.63, 3.8) is 0 Å². The van der Waals surface area contributed by atoms with E-state index in [-0.39, 0.29) is 32.0 Å². The van der Waals surface area contributed by atoms with E-state index in [1.807, 2.05) is 21.1 Å². The molecule has 2 atom stereocenters. The van der Waals surface area contributed by atoms with E-state index in [0.29, 0.717) is 17.4 Å². The van der Waals surface area contributed by atoms with Gasteiger partial charge in [-0.2, -0.15) is 0 Å². The number of nitrogens with zero attached hydrogens (tertiary/aromatic N) is 1. The molecule has 0 saturated heterocycles. The molecule has 0 saturated carbocycles. The molecule has 0 aliphatic carbocycles. The van der Waals surface area contributed by atoms with Crippen molar-refractivity contribution in [3.8, 4) is 0 Å². The fourth-order valence-electron chi connectivity index (χ4n) is 7.58. The van der Waals surface area contributed by atoms with Crippen molar-refractivity contribution in [1.29, 1.82) is 0 Å². The number of esters is 2. The van der Waals surface area contributed by atoms with E-state index in [0.717, 1.165) is 38.5 Å². The molecule has 0 aromatic rings. The molecule has 63 heavy (non-hydrogen) atoms. The molecule has 0 fully saturated rings. The van der Waals surface area contributed by atoms with E-state index in [9.17, 15) is 19.0 Å². The van der Waals surface area contributed by atoms with E-state index < -0.39 is 26.5 Å². The number of quaternary nitrogens is 1. The monoisotopic (exact) mass is 913 g/mol. The Balaban J connectivity index is 4.21. The van der Waals surface area contributed by atoms with Crippen LogP contribution in [0.4, 0.5) is 0 Å². The summed E-state index contributed by atoms with van der Waals surface area (Å²) in [5, 5.41) is 0. The quantitative estimate of drug-likeness (QED) is 0.0211. The molecule has 9 nitrogen and oxygen atoms in total. The van der Waals surface area contributed by atoms with E-state index in [2.05, 4.69) is 38.2 Å². The normalized spacial score (nSPS) is 13.6. The smallest absolute Gasteiger partial charge is 0.462 e. The van der Waals surface area contributed by atoms with Crippen LogP contribution in [0.15, 0.2) is 24.3 Å². The number of carbonyl (C=O) groups is 2. The zero-order valence-electron chi connectivity index (χ0n) is 42.1. The van der Waals surface area contributed by atoms with Crippen molar-refractivity contribution < 1.29 is 42.1 Å². The summed E-state index contributed by atoms with van der Waals surface area (Å²) < 4.78 is 34.5. The van der Waals surface area contributed by atoms with Crippen LogP contribution in [-0.4, -0.2) is 74.9 Å². The van der Waals surface area contributed by atoms with Crippen LogP contribution in [0.5, 0.6) is 0 Å². The number of carbonyl (C=O) groups excluding carboxylic acids is 2. The average Bonchev–Trinajstić information content (AvgIpc) is 3.24. The summed E-state index contributed by atoms with van der Waals surface area (Å²) in [5.41, 5.74) is 0. The minimum Gasteiger partial charge on any atom is -0.462 e. The SMILES string of the molecule is CCCCC/C=C/C/C=C/CCCCCCCCCCCC(=O)OC[C@H](COP(=O)(O)OCC[N+](C)(C)C)OC(=O)CCCCCCCCCCCCCCCCCCCCCC. The molecular formula is C53H103NO8P+. The van der Waals surface area contributed by atoms with Gasteiger partial charge in [-0.25, -0.2) is 4.57 Å². The van der Waals surface area contributed by atoms with Crippen LogP contribution in [0.3, 0.4) is 0 Å². The highest BCUT2D eigenvalue weighted by Crippen LogP contribution is 2.43. The summed E-state index contributed by atoms with van der Waals surface area (Å²) in [4.78, 5) is 35.6. The lowest BCUT2D eigenvalue weighted by Gasteiger charge is -2.24. The summed E-state index contributed by atoms with van der Waals surface area (Å²) in [5.74, 6) is -0.789. The maximum absolute atomic E-state index is 12.8. The van der Waals surface area contributed by atoms with Gasteiger partial charge in [0.15, 0.2) is 6.10 Å². The molecule has 1 N–H and O–H groups in total. The third-order valence-corrected chi connectivity index (χ3v) is 12.7. The molecule has 0 amide bonds. The van der Waals surface area contributed by atoms with E-state index >= 15 is 0 Å². The van der Waals surface area contributed by atoms with E-state index in [1.54, 1.807) is 0 Å². The fourth-order valence-corrected chi connectivity index (χ4v) is 8.32. The number of phosphoric acid groups is 1. The standard InChI is InChI=1S/C53H102NO8P/c1-6-8-10-12-14-16-18-20-22-24-26-28-30-32-34-36-38-40-42-44-46-53(56)62-51(50-61-63(57,58)60-48-47-54(3,4)5)49-59-52(55)45-43-41-39-37-35-33-31-29-27-25-23-21-19-17-15-13-11-9-7-2/h15,17,21,23,51H,6-14,16,18-20,22,24-50H2,1-5H3/p+1/b17-15+,23-21+/t51-/m1/s1. The van der Waals surface area contributed by atoms with Crippen LogP contribution in [0.25, 0.3) is 0 Å². The lowest BCUT2D eigenvalue weighted by Crippen LogP contribution is -2.37. The Labute approximate surface area is 389 Å². The van der Waals surface area contributed by atoms with Crippen molar-refractivity contribution in [3.05, 3.63) is 24.3 Å². The van der Waals surface area contributed by atoms with Crippen LogP contribution in [-0.2, 0) is 32.7 Å². The number of likely N-dealkylation sites (N-methyl/N-ethyl adjacent to an activating group) is 1. The first-order valence-electron chi connectivity index (χ1n) is 26.6. The van der Waals surface area contributed by atoms with E-state index in [4.69, 9.17) is 18.5 Å². The molecule has 0 radical (unpaired) electrons. The van der Waals surface area contributed by atoms with Gasteiger partial charge in [0, 0.05) is 12.8 Å². The number of ether oxygens (including phenoxy) is 2. The summed E-state index contributed by atoms with van der Waals surface area (Å²) in [6.45, 7) is 4.44. The second-order valence-corrected chi connectivity index (χ2v) is 20.7. The number of rotatable bonds is 49. The lowest BCUT2D eigenvalue weighted by atomic mass is 10.0. The Morgan fingerprint density at radius 3 is 1.29 bits per heavy atom. The summed E-state index contributed by atoms with van der Waals surface area (Å²) in [7, 11) is 1.49. The van der Waals surface area contributed by atoms with Crippen LogP contribution in [0.1, 0.15) is 251 Å². The maximum atomic E-state index is 12.8. The first-order chi connectivity index (χ1) is 30.5. The van der Waals surface area contributed by atoms with Crippen molar-refractivity contribution in [2.75, 3.05) is 47.5 Å². The zero-order chi connectivity index (χ0) is 46.4. The third kappa shape index (κ3) is 49.8. The van der Waals surface area contributed by atoms with Crippen molar-refractivity contribution >= 4 is 19.8 Å². The summed E-state index contributed by atoms with van der Waals surface area (Å²) in [6, 6.07) is 0. The van der Waals surface area contributed by atoms with Gasteiger partial charge in [0.2, 0.25) is 0 Å². The van der Waals surface area contributed by atoms with Gasteiger partial charge in [-0.3, -0.25) is 18.6 Å². The van der Waals surface area contributed by atoms with Gasteiger partial charge in [-0.1, -0.05) is 218 Å². The predicted octanol–water partition coefficient (Wildman–Crippen LogP) is 15.9. The highest BCUT2D eigenvalue weighted by atomic mass is 31.2. The fraction of sp³-hybridized carbons (Fsp3) is 0.887. The lowest BCUT2D eigenvalue weighted by molar-refractivity contribution is -0.870. The molecule has 0 heterocycles.